The summed E-state index contributed by atoms with van der Waals surface area (Å²) < 4.78 is 20.6. The van der Waals surface area contributed by atoms with E-state index in [0.717, 1.165) is 25.7 Å². The van der Waals surface area contributed by atoms with Crippen molar-refractivity contribution in [1.82, 2.24) is 10.6 Å². The highest BCUT2D eigenvalue weighted by atomic mass is 16.5. The second kappa shape index (κ2) is 16.0. The molecule has 2 N–H and O–H groups in total. The molecule has 0 aliphatic heterocycles. The molecule has 2 atom stereocenters. The van der Waals surface area contributed by atoms with Crippen LogP contribution in [0.1, 0.15) is 80.1 Å². The summed E-state index contributed by atoms with van der Waals surface area (Å²) in [5, 5.41) is 6.19. The average Bonchev–Trinajstić information content (AvgIpc) is 2.84. The molecule has 1 rings (SSSR count). The van der Waals surface area contributed by atoms with Crippen LogP contribution >= 0.6 is 0 Å². The molecule has 0 amide bonds. The fourth-order valence-corrected chi connectivity index (χ4v) is 4.06. The number of methoxy groups -OCH3 is 2. The van der Waals surface area contributed by atoms with Crippen LogP contribution in [0.5, 0.6) is 0 Å². The monoisotopic (exact) mass is 542 g/mol. The molecule has 1 aliphatic rings. The van der Waals surface area contributed by atoms with Gasteiger partial charge in [-0.25, -0.2) is 0 Å². The van der Waals surface area contributed by atoms with Gasteiger partial charge in [-0.15, -0.1) is 0 Å². The van der Waals surface area contributed by atoms with Crippen LogP contribution in [-0.2, 0) is 38.1 Å². The van der Waals surface area contributed by atoms with Crippen LogP contribution in [0.4, 0.5) is 0 Å². The SMILES string of the molecule is COC(=O)C(CC(=O)OCC1CCC(COC(=O)CC(NCC(C)(C)C)C(=O)OC)CC1)NCC(C)(C)C. The van der Waals surface area contributed by atoms with Gasteiger partial charge in [0.05, 0.1) is 40.3 Å². The molecule has 0 aromatic heterocycles. The maximum Gasteiger partial charge on any atom is 0.323 e. The Hall–Kier alpha value is -2.20. The van der Waals surface area contributed by atoms with Gasteiger partial charge in [-0.1, -0.05) is 41.5 Å². The molecule has 10 nitrogen and oxygen atoms in total. The molecule has 0 spiro atoms. The molecular formula is C28H50N2O8. The van der Waals surface area contributed by atoms with Gasteiger partial charge in [0.2, 0.25) is 0 Å². The van der Waals surface area contributed by atoms with Crippen LogP contribution in [-0.4, -0.2) is 76.5 Å². The van der Waals surface area contributed by atoms with E-state index in [2.05, 4.69) is 10.6 Å². The number of rotatable bonds is 14. The Morgan fingerprint density at radius 3 is 1.24 bits per heavy atom. The quantitative estimate of drug-likeness (QED) is 0.250. The minimum Gasteiger partial charge on any atom is -0.468 e. The molecule has 38 heavy (non-hydrogen) atoms. The summed E-state index contributed by atoms with van der Waals surface area (Å²) in [6, 6.07) is -1.47. The van der Waals surface area contributed by atoms with Gasteiger partial charge in [0.15, 0.2) is 0 Å². The summed E-state index contributed by atoms with van der Waals surface area (Å²) in [5.74, 6) is -1.37. The number of ether oxygens (including phenoxy) is 4. The molecule has 0 bridgehead atoms. The van der Waals surface area contributed by atoms with E-state index in [0.29, 0.717) is 26.3 Å². The summed E-state index contributed by atoms with van der Waals surface area (Å²) >= 11 is 0. The third-order valence-corrected chi connectivity index (χ3v) is 6.40. The Bertz CT molecular complexity index is 700. The van der Waals surface area contributed by atoms with Gasteiger partial charge in [0, 0.05) is 13.1 Å². The Labute approximate surface area is 228 Å². The molecule has 0 heterocycles. The Morgan fingerprint density at radius 2 is 0.974 bits per heavy atom. The lowest BCUT2D eigenvalue weighted by Gasteiger charge is -2.28. The highest BCUT2D eigenvalue weighted by Crippen LogP contribution is 2.29. The molecule has 1 aliphatic carbocycles. The minimum atomic E-state index is -0.736. The maximum absolute atomic E-state index is 12.4. The number of hydrogen-bond acceptors (Lipinski definition) is 10. The van der Waals surface area contributed by atoms with E-state index in [1.165, 1.54) is 14.2 Å². The van der Waals surface area contributed by atoms with Crippen molar-refractivity contribution < 1.29 is 38.1 Å². The summed E-state index contributed by atoms with van der Waals surface area (Å²) in [6.45, 7) is 13.9. The molecule has 2 unspecified atom stereocenters. The number of hydrogen-bond donors (Lipinski definition) is 2. The van der Waals surface area contributed by atoms with Gasteiger partial charge in [-0.2, -0.15) is 0 Å². The van der Waals surface area contributed by atoms with Crippen molar-refractivity contribution in [3.63, 3.8) is 0 Å². The topological polar surface area (TPSA) is 129 Å². The van der Waals surface area contributed by atoms with Crippen molar-refractivity contribution in [1.29, 1.82) is 0 Å². The van der Waals surface area contributed by atoms with Crippen molar-refractivity contribution in [3.05, 3.63) is 0 Å². The van der Waals surface area contributed by atoms with Gasteiger partial charge in [0.25, 0.3) is 0 Å². The van der Waals surface area contributed by atoms with E-state index >= 15 is 0 Å². The number of esters is 4. The molecule has 0 aromatic carbocycles. The normalized spacial score (nSPS) is 19.7. The van der Waals surface area contributed by atoms with Crippen LogP contribution in [0.2, 0.25) is 0 Å². The van der Waals surface area contributed by atoms with E-state index in [1.807, 2.05) is 41.5 Å². The Kier molecular flexibility index (Phi) is 14.3. The van der Waals surface area contributed by atoms with Crippen molar-refractivity contribution in [2.24, 2.45) is 22.7 Å². The fourth-order valence-electron chi connectivity index (χ4n) is 4.06. The first-order valence-corrected chi connectivity index (χ1v) is 13.6. The van der Waals surface area contributed by atoms with Crippen molar-refractivity contribution >= 4 is 23.9 Å². The highest BCUT2D eigenvalue weighted by Gasteiger charge is 2.28. The predicted octanol–water partition coefficient (Wildman–Crippen LogP) is 3.01. The Morgan fingerprint density at radius 1 is 0.658 bits per heavy atom. The summed E-state index contributed by atoms with van der Waals surface area (Å²) in [7, 11) is 2.60. The summed E-state index contributed by atoms with van der Waals surface area (Å²) in [6.07, 6.45) is 3.27. The van der Waals surface area contributed by atoms with Crippen LogP contribution in [0.3, 0.4) is 0 Å². The maximum atomic E-state index is 12.4. The zero-order valence-corrected chi connectivity index (χ0v) is 24.6. The van der Waals surface area contributed by atoms with Gasteiger partial charge in [-0.3, -0.25) is 19.2 Å². The Balaban J connectivity index is 2.38. The summed E-state index contributed by atoms with van der Waals surface area (Å²) in [4.78, 5) is 48.8. The number of carbonyl (C=O) groups excluding carboxylic acids is 4. The smallest absolute Gasteiger partial charge is 0.323 e. The highest BCUT2D eigenvalue weighted by molar-refractivity contribution is 5.83. The standard InChI is InChI=1S/C28H50N2O8/c1-27(2,3)17-29-21(25(33)35-7)13-23(31)37-15-19-9-11-20(12-10-19)16-38-24(32)14-22(26(34)36-8)30-18-28(4,5)6/h19-22,29-30H,9-18H2,1-8H3. The fraction of sp³-hybridized carbons (Fsp3) is 0.857. The summed E-state index contributed by atoms with van der Waals surface area (Å²) in [5.41, 5.74) is -0.0926. The lowest BCUT2D eigenvalue weighted by atomic mass is 9.83. The first kappa shape index (κ1) is 33.8. The zero-order valence-electron chi connectivity index (χ0n) is 24.6. The van der Waals surface area contributed by atoms with Crippen molar-refractivity contribution in [2.45, 2.75) is 92.2 Å². The molecule has 1 fully saturated rings. The van der Waals surface area contributed by atoms with Gasteiger partial charge in [-0.05, 0) is 48.3 Å². The first-order chi connectivity index (χ1) is 17.6. The molecule has 0 saturated heterocycles. The molecular weight excluding hydrogens is 492 g/mol. The number of nitrogens with one attached hydrogen (secondary N) is 2. The third kappa shape index (κ3) is 14.7. The largest absolute Gasteiger partial charge is 0.468 e. The van der Waals surface area contributed by atoms with Gasteiger partial charge in [0.1, 0.15) is 12.1 Å². The second-order valence-corrected chi connectivity index (χ2v) is 12.7. The van der Waals surface area contributed by atoms with Gasteiger partial charge < -0.3 is 29.6 Å². The molecule has 1 saturated carbocycles. The van der Waals surface area contributed by atoms with Crippen molar-refractivity contribution in [3.8, 4) is 0 Å². The third-order valence-electron chi connectivity index (χ3n) is 6.40. The zero-order chi connectivity index (χ0) is 28.9. The van der Waals surface area contributed by atoms with E-state index < -0.39 is 36.0 Å². The van der Waals surface area contributed by atoms with E-state index in [1.54, 1.807) is 0 Å². The van der Waals surface area contributed by atoms with Crippen LogP contribution in [0.25, 0.3) is 0 Å². The van der Waals surface area contributed by atoms with Crippen LogP contribution in [0, 0.1) is 22.7 Å². The van der Waals surface area contributed by atoms with E-state index in [-0.39, 0.29) is 35.5 Å². The molecule has 0 radical (unpaired) electrons. The average molecular weight is 543 g/mol. The van der Waals surface area contributed by atoms with Crippen molar-refractivity contribution in [2.75, 3.05) is 40.5 Å². The van der Waals surface area contributed by atoms with E-state index in [4.69, 9.17) is 18.9 Å². The van der Waals surface area contributed by atoms with E-state index in [9.17, 15) is 19.2 Å². The van der Waals surface area contributed by atoms with Crippen LogP contribution in [0.15, 0.2) is 0 Å². The molecule has 10 heteroatoms. The predicted molar refractivity (Wildman–Crippen MR) is 143 cm³/mol. The number of carbonyl (C=O) groups is 4. The van der Waals surface area contributed by atoms with Gasteiger partial charge >= 0.3 is 23.9 Å². The molecule has 0 aromatic rings. The minimum absolute atomic E-state index is 0.0463. The first-order valence-electron chi connectivity index (χ1n) is 13.6. The lowest BCUT2D eigenvalue weighted by molar-refractivity contribution is -0.153. The molecule has 220 valence electrons. The lowest BCUT2D eigenvalue weighted by Crippen LogP contribution is -2.43. The van der Waals surface area contributed by atoms with Crippen LogP contribution < -0.4 is 10.6 Å². The second-order valence-electron chi connectivity index (χ2n) is 12.7.